The molecule has 1 aromatic carbocycles. The van der Waals surface area contributed by atoms with Crippen LogP contribution in [-0.4, -0.2) is 46.2 Å². The van der Waals surface area contributed by atoms with Crippen LogP contribution >= 0.6 is 11.3 Å². The normalized spacial score (nSPS) is 13.8. The number of carbonyl (C=O) groups is 1. The van der Waals surface area contributed by atoms with Crippen molar-refractivity contribution in [1.82, 2.24) is 4.98 Å². The summed E-state index contributed by atoms with van der Waals surface area (Å²) in [5.74, 6) is -0.164. The Hall–Kier alpha value is -2.33. The van der Waals surface area contributed by atoms with E-state index in [4.69, 9.17) is 9.47 Å². The van der Waals surface area contributed by atoms with E-state index in [1.165, 1.54) is 17.6 Å². The lowest BCUT2D eigenvalue weighted by molar-refractivity contribution is 0.0521. The van der Waals surface area contributed by atoms with Crippen LogP contribution in [0.1, 0.15) is 17.4 Å². The molecule has 0 unspecified atom stereocenters. The molecule has 0 saturated heterocycles. The number of fused-ring (bicyclic) bond motifs is 1. The van der Waals surface area contributed by atoms with Crippen LogP contribution < -0.4 is 14.4 Å². The number of aromatic nitrogens is 1. The highest BCUT2D eigenvalue weighted by Gasteiger charge is 2.24. The Labute approximate surface area is 149 Å². The van der Waals surface area contributed by atoms with Crippen LogP contribution in [0.3, 0.4) is 0 Å². The van der Waals surface area contributed by atoms with E-state index >= 15 is 0 Å². The van der Waals surface area contributed by atoms with Crippen LogP contribution in [-0.2, 0) is 14.8 Å². The van der Waals surface area contributed by atoms with E-state index in [1.807, 2.05) is 11.9 Å². The summed E-state index contributed by atoms with van der Waals surface area (Å²) in [6.07, 6.45) is 0. The molecule has 0 amide bonds. The van der Waals surface area contributed by atoms with Crippen LogP contribution in [0.5, 0.6) is 5.75 Å². The van der Waals surface area contributed by atoms with Gasteiger partial charge in [0.25, 0.3) is 10.0 Å². The van der Waals surface area contributed by atoms with Crippen LogP contribution in [0.2, 0.25) is 0 Å². The second-order valence-corrected chi connectivity index (χ2v) is 7.79. The number of thiazole rings is 1. The van der Waals surface area contributed by atoms with Crippen molar-refractivity contribution in [3.63, 3.8) is 0 Å². The zero-order chi connectivity index (χ0) is 18.0. The van der Waals surface area contributed by atoms with E-state index in [0.29, 0.717) is 12.4 Å². The highest BCUT2D eigenvalue weighted by atomic mass is 32.2. The molecule has 0 bridgehead atoms. The Balaban J connectivity index is 1.88. The van der Waals surface area contributed by atoms with Gasteiger partial charge in [0, 0.05) is 13.1 Å². The standard InChI is InChI=1S/C15H17N3O5S2/c1-3-22-15(19)13-14(24-9-16-13)17-25(20,21)10-4-5-11-12(8-10)23-7-6-18(11)2/h4-5,8-9,17H,3,6-7H2,1-2H3. The zero-order valence-electron chi connectivity index (χ0n) is 13.7. The first kappa shape index (κ1) is 17.5. The summed E-state index contributed by atoms with van der Waals surface area (Å²) in [6.45, 7) is 3.07. The lowest BCUT2D eigenvalue weighted by atomic mass is 10.2. The quantitative estimate of drug-likeness (QED) is 0.788. The van der Waals surface area contributed by atoms with Gasteiger partial charge in [0.15, 0.2) is 5.69 Å². The maximum atomic E-state index is 12.6. The highest BCUT2D eigenvalue weighted by Crippen LogP contribution is 2.34. The summed E-state index contributed by atoms with van der Waals surface area (Å²) >= 11 is 1.01. The molecule has 1 aliphatic rings. The summed E-state index contributed by atoms with van der Waals surface area (Å²) in [7, 11) is -1.98. The monoisotopic (exact) mass is 383 g/mol. The van der Waals surface area contributed by atoms with Gasteiger partial charge in [-0.3, -0.25) is 4.72 Å². The molecule has 2 aromatic rings. The maximum absolute atomic E-state index is 12.6. The Bertz CT molecular complexity index is 894. The molecular formula is C15H17N3O5S2. The Kier molecular flexibility index (Phi) is 4.82. The fourth-order valence-corrected chi connectivity index (χ4v) is 4.35. The molecule has 0 atom stereocenters. The SMILES string of the molecule is CCOC(=O)c1ncsc1NS(=O)(=O)c1ccc2c(c1)OCCN2C. The number of esters is 1. The number of benzene rings is 1. The number of carbonyl (C=O) groups excluding carboxylic acids is 1. The minimum Gasteiger partial charge on any atom is -0.490 e. The summed E-state index contributed by atoms with van der Waals surface area (Å²) in [5, 5.41) is 0.120. The molecule has 0 aliphatic carbocycles. The lowest BCUT2D eigenvalue weighted by Gasteiger charge is -2.27. The number of hydrogen-bond acceptors (Lipinski definition) is 8. The second-order valence-electron chi connectivity index (χ2n) is 5.26. The van der Waals surface area contributed by atoms with Crippen molar-refractivity contribution in [1.29, 1.82) is 0 Å². The molecule has 3 rings (SSSR count). The van der Waals surface area contributed by atoms with Gasteiger partial charge in [-0.25, -0.2) is 18.2 Å². The van der Waals surface area contributed by atoms with Crippen LogP contribution in [0, 0.1) is 0 Å². The molecule has 8 nitrogen and oxygen atoms in total. The fraction of sp³-hybridized carbons (Fsp3) is 0.333. The highest BCUT2D eigenvalue weighted by molar-refractivity contribution is 7.93. The van der Waals surface area contributed by atoms with E-state index in [2.05, 4.69) is 9.71 Å². The van der Waals surface area contributed by atoms with Crippen LogP contribution in [0.4, 0.5) is 10.7 Å². The third kappa shape index (κ3) is 3.54. The third-order valence-electron chi connectivity index (χ3n) is 3.60. The van der Waals surface area contributed by atoms with Crippen molar-refractivity contribution in [2.24, 2.45) is 0 Å². The minimum absolute atomic E-state index is 0.0461. The minimum atomic E-state index is -3.89. The fourth-order valence-electron chi connectivity index (χ4n) is 2.35. The number of rotatable bonds is 5. The van der Waals surface area contributed by atoms with Crippen LogP contribution in [0.25, 0.3) is 0 Å². The van der Waals surface area contributed by atoms with Crippen molar-refractivity contribution in [3.8, 4) is 5.75 Å². The Morgan fingerprint density at radius 2 is 2.28 bits per heavy atom. The van der Waals surface area contributed by atoms with Gasteiger partial charge >= 0.3 is 5.97 Å². The molecule has 2 heterocycles. The first-order valence-electron chi connectivity index (χ1n) is 7.54. The van der Waals surface area contributed by atoms with Crippen molar-refractivity contribution in [2.75, 3.05) is 36.4 Å². The molecule has 0 radical (unpaired) electrons. The first-order chi connectivity index (χ1) is 11.9. The van der Waals surface area contributed by atoms with Crippen molar-refractivity contribution in [3.05, 3.63) is 29.4 Å². The number of hydrogen-bond donors (Lipinski definition) is 1. The maximum Gasteiger partial charge on any atom is 0.360 e. The largest absolute Gasteiger partial charge is 0.490 e. The number of ether oxygens (including phenoxy) is 2. The molecule has 1 aromatic heterocycles. The predicted octanol–water partition coefficient (Wildman–Crippen LogP) is 1.95. The van der Waals surface area contributed by atoms with Gasteiger partial charge in [-0.2, -0.15) is 0 Å². The second kappa shape index (κ2) is 6.89. The number of likely N-dealkylation sites (N-methyl/N-ethyl adjacent to an activating group) is 1. The van der Waals surface area contributed by atoms with Gasteiger partial charge in [0.05, 0.1) is 29.2 Å². The number of nitrogens with one attached hydrogen (secondary N) is 1. The molecule has 0 fully saturated rings. The molecule has 1 N–H and O–H groups in total. The summed E-state index contributed by atoms with van der Waals surface area (Å²) in [6, 6.07) is 4.66. The average molecular weight is 383 g/mol. The number of anilines is 2. The van der Waals surface area contributed by atoms with E-state index in [9.17, 15) is 13.2 Å². The molecule has 25 heavy (non-hydrogen) atoms. The van der Waals surface area contributed by atoms with E-state index in [-0.39, 0.29) is 22.2 Å². The third-order valence-corrected chi connectivity index (χ3v) is 5.82. The molecule has 0 spiro atoms. The predicted molar refractivity (Wildman–Crippen MR) is 94.1 cm³/mol. The van der Waals surface area contributed by atoms with Gasteiger partial charge in [0.2, 0.25) is 0 Å². The summed E-state index contributed by atoms with van der Waals surface area (Å²) in [4.78, 5) is 17.8. The van der Waals surface area contributed by atoms with Gasteiger partial charge in [-0.15, -0.1) is 11.3 Å². The zero-order valence-corrected chi connectivity index (χ0v) is 15.3. The molecular weight excluding hydrogens is 366 g/mol. The molecule has 0 saturated carbocycles. The average Bonchev–Trinajstić information content (AvgIpc) is 3.02. The van der Waals surface area contributed by atoms with E-state index in [0.717, 1.165) is 23.6 Å². The van der Waals surface area contributed by atoms with E-state index < -0.39 is 16.0 Å². The number of nitrogens with zero attached hydrogens (tertiary/aromatic N) is 2. The topological polar surface area (TPSA) is 97.8 Å². The van der Waals surface area contributed by atoms with Gasteiger partial charge in [-0.1, -0.05) is 0 Å². The van der Waals surface area contributed by atoms with Crippen molar-refractivity contribution >= 4 is 38.0 Å². The van der Waals surface area contributed by atoms with Crippen molar-refractivity contribution in [2.45, 2.75) is 11.8 Å². The molecule has 134 valence electrons. The van der Waals surface area contributed by atoms with Gasteiger partial charge < -0.3 is 14.4 Å². The van der Waals surface area contributed by atoms with Crippen molar-refractivity contribution < 1.29 is 22.7 Å². The molecule has 10 heteroatoms. The number of sulfonamides is 1. The first-order valence-corrected chi connectivity index (χ1v) is 9.90. The summed E-state index contributed by atoms with van der Waals surface area (Å²) in [5.41, 5.74) is 2.16. The smallest absolute Gasteiger partial charge is 0.360 e. The Morgan fingerprint density at radius 1 is 1.48 bits per heavy atom. The Morgan fingerprint density at radius 3 is 3.04 bits per heavy atom. The summed E-state index contributed by atoms with van der Waals surface area (Å²) < 4.78 is 38.1. The van der Waals surface area contributed by atoms with E-state index in [1.54, 1.807) is 13.0 Å². The van der Waals surface area contributed by atoms with Gasteiger partial charge in [0.1, 0.15) is 17.4 Å². The lowest BCUT2D eigenvalue weighted by Crippen LogP contribution is -2.29. The van der Waals surface area contributed by atoms with Crippen LogP contribution in [0.15, 0.2) is 28.6 Å². The van der Waals surface area contributed by atoms with Gasteiger partial charge in [-0.05, 0) is 19.1 Å². The molecule has 1 aliphatic heterocycles.